The molecule has 0 aromatic heterocycles. The normalized spacial score (nSPS) is 11.8. The Morgan fingerprint density at radius 2 is 0.778 bits per heavy atom. The Morgan fingerprint density at radius 3 is 1.15 bits per heavy atom. The van der Waals surface area contributed by atoms with Gasteiger partial charge in [0, 0.05) is 35.4 Å². The summed E-state index contributed by atoms with van der Waals surface area (Å²) in [7, 11) is 1.08. The molecule has 0 fully saturated rings. The predicted octanol–water partition coefficient (Wildman–Crippen LogP) is 15.6. The summed E-state index contributed by atoms with van der Waals surface area (Å²) in [5.41, 5.74) is 13.5. The molecule has 2 atom stereocenters. The zero-order valence-electron chi connectivity index (χ0n) is 32.7. The van der Waals surface area contributed by atoms with Crippen molar-refractivity contribution in [1.29, 1.82) is 0 Å². The fourth-order valence-electron chi connectivity index (χ4n) is 7.32. The van der Waals surface area contributed by atoms with Crippen LogP contribution in [0.2, 0.25) is 13.1 Å². The third kappa shape index (κ3) is 9.28. The first-order valence-electron chi connectivity index (χ1n) is 19.2. The van der Waals surface area contributed by atoms with Gasteiger partial charge in [-0.2, -0.15) is 0 Å². The van der Waals surface area contributed by atoms with Crippen LogP contribution in [0.25, 0.3) is 66.1 Å². The van der Waals surface area contributed by atoms with E-state index in [1.165, 1.54) is 77.2 Å². The molecule has 8 rings (SSSR count). The van der Waals surface area contributed by atoms with E-state index in [0.717, 1.165) is 22.4 Å². The van der Waals surface area contributed by atoms with Crippen molar-refractivity contribution in [3.63, 3.8) is 0 Å². The van der Waals surface area contributed by atoms with E-state index in [2.05, 4.69) is 211 Å². The average Bonchev–Trinajstić information content (AvgIpc) is 3.87. The van der Waals surface area contributed by atoms with Gasteiger partial charge in [0.2, 0.25) is 0 Å². The average molecular weight is 884 g/mol. The molecule has 2 heteroatoms. The number of fused-ring (bicyclic) bond motifs is 2. The molecule has 0 aliphatic carbocycles. The molecule has 54 heavy (non-hydrogen) atoms. The Morgan fingerprint density at radius 1 is 0.444 bits per heavy atom. The van der Waals surface area contributed by atoms with Crippen molar-refractivity contribution in [1.82, 2.24) is 0 Å². The predicted molar refractivity (Wildman–Crippen MR) is 236 cm³/mol. The van der Waals surface area contributed by atoms with E-state index in [1.807, 2.05) is 0 Å². The fourth-order valence-corrected chi connectivity index (χ4v) is 7.32. The zero-order chi connectivity index (χ0) is 37.2. The van der Waals surface area contributed by atoms with Crippen molar-refractivity contribution < 1.29 is 25.8 Å². The summed E-state index contributed by atoms with van der Waals surface area (Å²) in [5, 5.41) is 5.32. The van der Waals surface area contributed by atoms with Gasteiger partial charge in [-0.05, 0) is 46.9 Å². The quantitative estimate of drug-likeness (QED) is 0.105. The molecular weight excluding hydrogens is 831 g/mol. The number of hydrogen-bond acceptors (Lipinski definition) is 0. The summed E-state index contributed by atoms with van der Waals surface area (Å²) < 4.78 is 0. The molecule has 0 aliphatic rings. The van der Waals surface area contributed by atoms with Crippen LogP contribution in [-0.2, 0) is 25.8 Å². The van der Waals surface area contributed by atoms with E-state index >= 15 is 0 Å². The maximum absolute atomic E-state index is 2.34. The van der Waals surface area contributed by atoms with E-state index in [1.54, 1.807) is 0 Å². The number of rotatable bonds is 8. The first kappa shape index (κ1) is 40.8. The monoisotopic (exact) mass is 884 g/mol. The van der Waals surface area contributed by atoms with Crippen molar-refractivity contribution in [2.45, 2.75) is 65.5 Å². The van der Waals surface area contributed by atoms with Gasteiger partial charge < -0.3 is 0 Å². The SMILES string of the molecule is CCC(C)c1ccccc1-c1cccc2[cH-]c(-c3ccccc3)cc12.CCC(C)c1ccccc1-c1cccc2[cH-]c(-c3ccccc3)cc12.C[Si]C.[Hf]. The smallest absolute Gasteiger partial charge is 0.0307 e. The van der Waals surface area contributed by atoms with Gasteiger partial charge in [-0.25, -0.2) is 0 Å². The summed E-state index contributed by atoms with van der Waals surface area (Å²) in [5.74, 6) is 1.13. The third-order valence-electron chi connectivity index (χ3n) is 10.5. The molecule has 0 saturated carbocycles. The van der Waals surface area contributed by atoms with Gasteiger partial charge >= 0.3 is 0 Å². The molecule has 0 amide bonds. The summed E-state index contributed by atoms with van der Waals surface area (Å²) in [6.07, 6.45) is 2.31. The van der Waals surface area contributed by atoms with Gasteiger partial charge in [0.15, 0.2) is 0 Å². The molecule has 2 unspecified atom stereocenters. The molecule has 0 saturated heterocycles. The van der Waals surface area contributed by atoms with Gasteiger partial charge in [0.05, 0.1) is 0 Å². The van der Waals surface area contributed by atoms with Crippen LogP contribution >= 0.6 is 0 Å². The second-order valence-electron chi connectivity index (χ2n) is 14.1. The third-order valence-corrected chi connectivity index (χ3v) is 10.5. The number of benzene rings is 6. The first-order valence-corrected chi connectivity index (χ1v) is 21.2. The Hall–Kier alpha value is -4.37. The molecular formula is C52H52HfSi-2. The van der Waals surface area contributed by atoms with Gasteiger partial charge in [-0.15, -0.1) is 69.1 Å². The van der Waals surface area contributed by atoms with Gasteiger partial charge in [0.25, 0.3) is 0 Å². The summed E-state index contributed by atoms with van der Waals surface area (Å²) in [6, 6.07) is 61.6. The zero-order valence-corrected chi connectivity index (χ0v) is 37.3. The van der Waals surface area contributed by atoms with Crippen LogP contribution in [0.4, 0.5) is 0 Å². The van der Waals surface area contributed by atoms with Gasteiger partial charge in [-0.1, -0.05) is 197 Å². The molecule has 0 nitrogen and oxygen atoms in total. The molecule has 0 bridgehead atoms. The van der Waals surface area contributed by atoms with E-state index in [0.29, 0.717) is 11.8 Å². The molecule has 270 valence electrons. The molecule has 0 N–H and O–H groups in total. The van der Waals surface area contributed by atoms with Crippen LogP contribution < -0.4 is 0 Å². The molecule has 0 aliphatic heterocycles. The van der Waals surface area contributed by atoms with Crippen molar-refractivity contribution in [2.24, 2.45) is 0 Å². The second-order valence-corrected chi connectivity index (χ2v) is 15.1. The first-order chi connectivity index (χ1) is 26.0. The minimum absolute atomic E-state index is 0. The molecule has 2 radical (unpaired) electrons. The summed E-state index contributed by atoms with van der Waals surface area (Å²) in [4.78, 5) is 0. The minimum atomic E-state index is 0. The van der Waals surface area contributed by atoms with Crippen LogP contribution in [0, 0.1) is 0 Å². The van der Waals surface area contributed by atoms with E-state index in [-0.39, 0.29) is 25.8 Å². The van der Waals surface area contributed by atoms with Crippen molar-refractivity contribution in [3.05, 3.63) is 181 Å². The van der Waals surface area contributed by atoms with E-state index < -0.39 is 0 Å². The van der Waals surface area contributed by atoms with Gasteiger partial charge in [0.1, 0.15) is 0 Å². The Kier molecular flexibility index (Phi) is 15.0. The Labute approximate surface area is 345 Å². The summed E-state index contributed by atoms with van der Waals surface area (Å²) >= 11 is 0. The fraction of sp³-hybridized carbons (Fsp3) is 0.192. The second kappa shape index (κ2) is 19.8. The van der Waals surface area contributed by atoms with Crippen LogP contribution in [0.3, 0.4) is 0 Å². The Balaban J connectivity index is 0.000000190. The van der Waals surface area contributed by atoms with Crippen LogP contribution in [0.15, 0.2) is 170 Å². The maximum Gasteiger partial charge on any atom is 0.0307 e. The van der Waals surface area contributed by atoms with Crippen LogP contribution in [-0.4, -0.2) is 9.52 Å². The Bertz CT molecular complexity index is 2180. The van der Waals surface area contributed by atoms with E-state index in [4.69, 9.17) is 0 Å². The molecule has 8 aromatic carbocycles. The summed E-state index contributed by atoms with van der Waals surface area (Å²) in [6.45, 7) is 13.5. The van der Waals surface area contributed by atoms with Crippen LogP contribution in [0.1, 0.15) is 63.5 Å². The topological polar surface area (TPSA) is 0 Å². The van der Waals surface area contributed by atoms with Crippen LogP contribution in [0.5, 0.6) is 0 Å². The standard InChI is InChI=1S/2C25H23.C2H6Si.Hf/c2*1-3-18(2)22-13-7-8-14-23(22)24-15-9-12-20-16-21(17-25(20)24)19-10-5-4-6-11-19;1-3-2;/h2*4-18H,3H2,1-2H3;1-2H3;/q2*-1;;. The van der Waals surface area contributed by atoms with E-state index in [9.17, 15) is 0 Å². The largest absolute Gasteiger partial charge is 0.144 e. The molecule has 0 spiro atoms. The maximum atomic E-state index is 2.34. The molecule has 8 aromatic rings. The van der Waals surface area contributed by atoms with Crippen molar-refractivity contribution in [3.8, 4) is 44.5 Å². The van der Waals surface area contributed by atoms with Crippen molar-refractivity contribution >= 4 is 31.1 Å². The minimum Gasteiger partial charge on any atom is -0.144 e. The van der Waals surface area contributed by atoms with Gasteiger partial charge in [-0.3, -0.25) is 0 Å². The molecule has 0 heterocycles. The van der Waals surface area contributed by atoms with Crippen molar-refractivity contribution in [2.75, 3.05) is 0 Å². The number of hydrogen-bond donors (Lipinski definition) is 0.